The van der Waals surface area contributed by atoms with Crippen LogP contribution >= 0.6 is 0 Å². The highest BCUT2D eigenvalue weighted by molar-refractivity contribution is 5.92. The number of nitrogens with zero attached hydrogens (tertiary/aromatic N) is 1. The van der Waals surface area contributed by atoms with Crippen molar-refractivity contribution < 1.29 is 4.79 Å². The van der Waals surface area contributed by atoms with E-state index < -0.39 is 0 Å². The Labute approximate surface area is 126 Å². The average Bonchev–Trinajstić information content (AvgIpc) is 2.84. The summed E-state index contributed by atoms with van der Waals surface area (Å²) in [4.78, 5) is 26.2. The number of carbonyl (C=O) groups excluding carboxylic acids is 1. The van der Waals surface area contributed by atoms with Gasteiger partial charge >= 0.3 is 0 Å². The molecule has 3 rings (SSSR count). The van der Waals surface area contributed by atoms with Crippen LogP contribution in [0, 0.1) is 6.92 Å². The molecule has 0 fully saturated rings. The molecule has 2 heterocycles. The van der Waals surface area contributed by atoms with Crippen molar-refractivity contribution in [2.75, 3.05) is 6.54 Å². The minimum absolute atomic E-state index is 0.204. The molecule has 0 radical (unpaired) electrons. The summed E-state index contributed by atoms with van der Waals surface area (Å²) in [5.74, 6) is -0.297. The van der Waals surface area contributed by atoms with Gasteiger partial charge in [0.05, 0.1) is 0 Å². The second kappa shape index (κ2) is 5.85. The van der Waals surface area contributed by atoms with Crippen LogP contribution in [0.2, 0.25) is 0 Å². The summed E-state index contributed by atoms with van der Waals surface area (Å²) in [7, 11) is 0. The molecule has 22 heavy (non-hydrogen) atoms. The smallest absolute Gasteiger partial charge is 0.271 e. The van der Waals surface area contributed by atoms with E-state index in [1.54, 1.807) is 0 Å². The van der Waals surface area contributed by atoms with Gasteiger partial charge in [-0.1, -0.05) is 18.2 Å². The third-order valence-electron chi connectivity index (χ3n) is 3.60. The zero-order chi connectivity index (χ0) is 15.5. The standard InChI is InChI=1S/C16H16N4O2/c1-10-11(12-4-2-3-5-13(12)18-10)8-9-17-16(22)14-6-7-15(21)20-19-14/h2-7,18H,8-9H2,1H3,(H,17,22)(H,20,21). The highest BCUT2D eigenvalue weighted by Crippen LogP contribution is 2.21. The molecule has 1 amide bonds. The van der Waals surface area contributed by atoms with Crippen LogP contribution in [-0.4, -0.2) is 27.6 Å². The van der Waals surface area contributed by atoms with Gasteiger partial charge in [-0.25, -0.2) is 5.10 Å². The van der Waals surface area contributed by atoms with Crippen LogP contribution in [0.3, 0.4) is 0 Å². The quantitative estimate of drug-likeness (QED) is 0.682. The lowest BCUT2D eigenvalue weighted by atomic mass is 10.1. The minimum Gasteiger partial charge on any atom is -0.358 e. The molecule has 0 aliphatic heterocycles. The maximum Gasteiger partial charge on any atom is 0.271 e. The van der Waals surface area contributed by atoms with Gasteiger partial charge in [0.25, 0.3) is 11.5 Å². The van der Waals surface area contributed by atoms with Gasteiger partial charge < -0.3 is 10.3 Å². The van der Waals surface area contributed by atoms with Crippen molar-refractivity contribution in [3.05, 3.63) is 63.7 Å². The topological polar surface area (TPSA) is 90.6 Å². The summed E-state index contributed by atoms with van der Waals surface area (Å²) in [6.45, 7) is 2.53. The molecular formula is C16H16N4O2. The normalized spacial score (nSPS) is 10.8. The van der Waals surface area contributed by atoms with Crippen LogP contribution in [0.25, 0.3) is 10.9 Å². The Morgan fingerprint density at radius 3 is 2.82 bits per heavy atom. The second-order valence-corrected chi connectivity index (χ2v) is 5.09. The van der Waals surface area contributed by atoms with Gasteiger partial charge in [0.2, 0.25) is 0 Å². The van der Waals surface area contributed by atoms with Gasteiger partial charge in [0.15, 0.2) is 0 Å². The van der Waals surface area contributed by atoms with Gasteiger partial charge in [0, 0.05) is 29.2 Å². The third-order valence-corrected chi connectivity index (χ3v) is 3.60. The van der Waals surface area contributed by atoms with Gasteiger partial charge in [0.1, 0.15) is 5.69 Å². The predicted octanol–water partition coefficient (Wildman–Crippen LogP) is 1.53. The van der Waals surface area contributed by atoms with Crippen molar-refractivity contribution in [3.63, 3.8) is 0 Å². The molecule has 0 bridgehead atoms. The molecule has 0 saturated heterocycles. The Balaban J connectivity index is 1.67. The Morgan fingerprint density at radius 2 is 2.05 bits per heavy atom. The van der Waals surface area contributed by atoms with Crippen LogP contribution in [0.1, 0.15) is 21.7 Å². The largest absolute Gasteiger partial charge is 0.358 e. The lowest BCUT2D eigenvalue weighted by Crippen LogP contribution is -2.27. The van der Waals surface area contributed by atoms with Crippen molar-refractivity contribution in [1.29, 1.82) is 0 Å². The summed E-state index contributed by atoms with van der Waals surface area (Å²) in [5.41, 5.74) is 3.28. The number of rotatable bonds is 4. The number of H-pyrrole nitrogens is 2. The van der Waals surface area contributed by atoms with Crippen molar-refractivity contribution in [3.8, 4) is 0 Å². The van der Waals surface area contributed by atoms with E-state index in [1.807, 2.05) is 25.1 Å². The third kappa shape index (κ3) is 2.76. The first kappa shape index (κ1) is 14.1. The number of hydrogen-bond acceptors (Lipinski definition) is 3. The molecule has 0 spiro atoms. The predicted molar refractivity (Wildman–Crippen MR) is 83.9 cm³/mol. The highest BCUT2D eigenvalue weighted by atomic mass is 16.2. The maximum absolute atomic E-state index is 11.9. The van der Waals surface area contributed by atoms with E-state index in [-0.39, 0.29) is 17.2 Å². The summed E-state index contributed by atoms with van der Waals surface area (Å²) in [6, 6.07) is 10.8. The maximum atomic E-state index is 11.9. The first-order chi connectivity index (χ1) is 10.6. The van der Waals surface area contributed by atoms with Crippen molar-refractivity contribution in [2.45, 2.75) is 13.3 Å². The number of amides is 1. The number of aromatic amines is 2. The van der Waals surface area contributed by atoms with Crippen LogP contribution in [0.15, 0.2) is 41.2 Å². The molecule has 0 aliphatic carbocycles. The number of aromatic nitrogens is 3. The number of para-hydroxylation sites is 1. The summed E-state index contributed by atoms with van der Waals surface area (Å²) in [6.07, 6.45) is 0.727. The number of hydrogen-bond donors (Lipinski definition) is 3. The van der Waals surface area contributed by atoms with Gasteiger partial charge in [-0.05, 0) is 31.0 Å². The van der Waals surface area contributed by atoms with Crippen LogP contribution in [0.4, 0.5) is 0 Å². The number of carbonyl (C=O) groups is 1. The Bertz CT molecular complexity index is 859. The molecule has 0 unspecified atom stereocenters. The number of benzene rings is 1. The first-order valence-electron chi connectivity index (χ1n) is 7.05. The zero-order valence-corrected chi connectivity index (χ0v) is 12.1. The van der Waals surface area contributed by atoms with Crippen molar-refractivity contribution in [2.24, 2.45) is 0 Å². The SMILES string of the molecule is Cc1[nH]c2ccccc2c1CCNC(=O)c1ccc(=O)[nH]n1. The van der Waals surface area contributed by atoms with E-state index in [2.05, 4.69) is 26.6 Å². The van der Waals surface area contributed by atoms with Gasteiger partial charge in [-0.3, -0.25) is 9.59 Å². The monoisotopic (exact) mass is 296 g/mol. The molecule has 2 aromatic heterocycles. The highest BCUT2D eigenvalue weighted by Gasteiger charge is 2.10. The fourth-order valence-electron chi connectivity index (χ4n) is 2.52. The molecule has 6 heteroatoms. The van der Waals surface area contributed by atoms with E-state index >= 15 is 0 Å². The molecule has 3 N–H and O–H groups in total. The zero-order valence-electron chi connectivity index (χ0n) is 12.1. The second-order valence-electron chi connectivity index (χ2n) is 5.09. The van der Waals surface area contributed by atoms with Gasteiger partial charge in [-0.15, -0.1) is 0 Å². The fraction of sp³-hybridized carbons (Fsp3) is 0.188. The summed E-state index contributed by atoms with van der Waals surface area (Å²) in [5, 5.41) is 9.94. The van der Waals surface area contributed by atoms with Crippen LogP contribution in [0.5, 0.6) is 0 Å². The van der Waals surface area contributed by atoms with Crippen LogP contribution < -0.4 is 10.9 Å². The summed E-state index contributed by atoms with van der Waals surface area (Å²) >= 11 is 0. The molecular weight excluding hydrogens is 280 g/mol. The van der Waals surface area contributed by atoms with E-state index in [1.165, 1.54) is 23.1 Å². The first-order valence-corrected chi connectivity index (χ1v) is 7.05. The van der Waals surface area contributed by atoms with E-state index in [9.17, 15) is 9.59 Å². The van der Waals surface area contributed by atoms with E-state index in [0.717, 1.165) is 17.6 Å². The molecule has 112 valence electrons. The van der Waals surface area contributed by atoms with Gasteiger partial charge in [-0.2, -0.15) is 5.10 Å². The fourth-order valence-corrected chi connectivity index (χ4v) is 2.52. The Kier molecular flexibility index (Phi) is 3.74. The number of fused-ring (bicyclic) bond motifs is 1. The lowest BCUT2D eigenvalue weighted by molar-refractivity contribution is 0.0948. The minimum atomic E-state index is -0.328. The number of aryl methyl sites for hydroxylation is 1. The van der Waals surface area contributed by atoms with E-state index in [4.69, 9.17) is 0 Å². The van der Waals surface area contributed by atoms with E-state index in [0.29, 0.717) is 6.54 Å². The Morgan fingerprint density at radius 1 is 1.23 bits per heavy atom. The number of nitrogens with one attached hydrogen (secondary N) is 3. The molecule has 0 atom stereocenters. The molecule has 6 nitrogen and oxygen atoms in total. The molecule has 0 saturated carbocycles. The van der Waals surface area contributed by atoms with Crippen molar-refractivity contribution >= 4 is 16.8 Å². The molecule has 0 aliphatic rings. The van der Waals surface area contributed by atoms with Crippen LogP contribution in [-0.2, 0) is 6.42 Å². The molecule has 3 aromatic rings. The lowest BCUT2D eigenvalue weighted by Gasteiger charge is -2.05. The summed E-state index contributed by atoms with van der Waals surface area (Å²) < 4.78 is 0. The molecule has 1 aromatic carbocycles. The van der Waals surface area contributed by atoms with Crippen molar-refractivity contribution in [1.82, 2.24) is 20.5 Å². The Hall–Kier alpha value is -2.89. The average molecular weight is 296 g/mol.